The molecule has 0 bridgehead atoms. The van der Waals surface area contributed by atoms with E-state index in [1.54, 1.807) is 81.4 Å². The van der Waals surface area contributed by atoms with E-state index in [1.165, 1.54) is 101 Å². The number of hydrogen-bond donors (Lipinski definition) is 6. The summed E-state index contributed by atoms with van der Waals surface area (Å²) in [5.74, 6) is -15.0. The molecule has 0 aromatic heterocycles. The van der Waals surface area contributed by atoms with Gasteiger partial charge in [-0.3, -0.25) is 62.3 Å². The van der Waals surface area contributed by atoms with Gasteiger partial charge in [0.05, 0.1) is 19.1 Å². The number of alkyl halides is 1. The molecule has 3 saturated carbocycles. The standard InChI is InChI=1S/C86H139FN11O18/c1-28-30-31-52(15)71(116-82(113)115-37-35-65(100)86(114)53(16)42-59-58-33-32-56-43-57(99)34-36-83(56,19)85(58,87)66(101)44-84(59,86)20)70-75(106)90-60(29-2)77(108)92(21)45-67(102)93(22)61(38-46(3)4)74(105)91-68(50(11)12)80(111)94(23)62(39-47(5)6)73(104)88-54(17)72(103)89-55(18)76(107)95(24)63(40-48(7)8)78(109)96(25)64(41-49(9)10)79(110)97(26)69(51(13)14)81(112)98(70)27/h28,30,34-36,43,46-55,58-64,66,68-71,101,114H,29,31-33,37-42,44-45H2,1-27H3,(H,88,104)(H,89,103)(H,90,106)(H,91,105)/b30-28+/t52-,53-,54?,55?,58?,59?,60?,61+,62?,63?,64?,66+,68?,69?,70?,71?,83+,84+,85+,86+/m1/s1. The highest BCUT2D eigenvalue weighted by molar-refractivity contribution is 6.02. The van der Waals surface area contributed by atoms with Crippen molar-refractivity contribution in [2.75, 3.05) is 62.5 Å². The maximum atomic E-state index is 18.1. The molecular formula is C86H139FN11O18. The van der Waals surface area contributed by atoms with Gasteiger partial charge >= 0.3 is 6.16 Å². The molecule has 116 heavy (non-hydrogen) atoms. The van der Waals surface area contributed by atoms with Gasteiger partial charge in [-0.2, -0.15) is 0 Å². The summed E-state index contributed by atoms with van der Waals surface area (Å²) >= 11 is 0. The van der Waals surface area contributed by atoms with Gasteiger partial charge in [-0.15, -0.1) is 0 Å². The second kappa shape index (κ2) is 40.5. The number of fused-ring (bicyclic) bond motifs is 5. The normalized spacial score (nSPS) is 32.8. The topological polar surface area (TPSA) is 369 Å². The number of aliphatic hydroxyl groups is 2. The zero-order valence-electron chi connectivity index (χ0n) is 74.1. The number of ketones is 2. The number of halogens is 1. The predicted molar refractivity (Wildman–Crippen MR) is 436 cm³/mol. The summed E-state index contributed by atoms with van der Waals surface area (Å²) < 4.78 is 30.0. The molecule has 1 heterocycles. The lowest BCUT2D eigenvalue weighted by molar-refractivity contribution is -0.218. The van der Waals surface area contributed by atoms with Gasteiger partial charge in [0.15, 0.2) is 17.2 Å². The SMILES string of the molecule is C/C=C/C[C@@H](C)C(OC(=O)OC[CH]C(=O)[C@@]1(O)[C@H](C)CC2C3CCC4=CC(=O)C=C[C@]4(C)[C@@]3(F)[C@@H](O)C[C@@]21C)C1C(=O)NC(CC)C(=O)N(C)CC(=O)N(C)[C@@H](CC(C)C)C(=O)NC(C(C)C)C(=O)N(C)C(CC(C)C)C(=O)NC(C)C(=O)NC(C)C(=O)N(C)C(CC(C)C)C(=O)N(C)C(CC(C)C)C(=O)N(C)C(C(C)C)C(=O)N1C. The summed E-state index contributed by atoms with van der Waals surface area (Å²) in [6.07, 6.45) is 4.48. The third-order valence-electron chi connectivity index (χ3n) is 25.3. The Bertz CT molecular complexity index is 3690. The largest absolute Gasteiger partial charge is 0.508 e. The number of nitrogens with zero attached hydrogens (tertiary/aromatic N) is 7. The fourth-order valence-electron chi connectivity index (χ4n) is 18.4. The Kier molecular flexibility index (Phi) is 34.4. The van der Waals surface area contributed by atoms with Crippen LogP contribution in [0.2, 0.25) is 0 Å². The summed E-state index contributed by atoms with van der Waals surface area (Å²) in [6, 6.07) is -13.7. The number of carbonyl (C=O) groups is 14. The van der Waals surface area contributed by atoms with Gasteiger partial charge in [0.25, 0.3) is 0 Å². The average molecular weight is 1630 g/mol. The van der Waals surface area contributed by atoms with Crippen LogP contribution in [0.25, 0.3) is 0 Å². The van der Waals surface area contributed by atoms with Crippen molar-refractivity contribution in [1.82, 2.24) is 55.6 Å². The van der Waals surface area contributed by atoms with Gasteiger partial charge in [-0.1, -0.05) is 135 Å². The van der Waals surface area contributed by atoms with Crippen molar-refractivity contribution >= 4 is 82.7 Å². The molecule has 1 saturated heterocycles. The third-order valence-corrected chi connectivity index (χ3v) is 25.3. The van der Waals surface area contributed by atoms with Crippen molar-refractivity contribution in [3.05, 3.63) is 42.4 Å². The van der Waals surface area contributed by atoms with Gasteiger partial charge in [-0.05, 0) is 157 Å². The number of Topliss-reactive ketones (excluding diaryl/α,β-unsaturated/α-hetero) is 1. The summed E-state index contributed by atoms with van der Waals surface area (Å²) in [5.41, 5.74) is -6.66. The number of likely N-dealkylation sites (N-methyl/N-ethyl adjacent to an activating group) is 7. The number of aliphatic hydroxyl groups excluding tert-OH is 1. The van der Waals surface area contributed by atoms with E-state index >= 15 is 23.6 Å². The van der Waals surface area contributed by atoms with Crippen LogP contribution in [-0.2, 0) is 71.8 Å². The minimum atomic E-state index is -2.26. The van der Waals surface area contributed by atoms with Crippen LogP contribution in [0.5, 0.6) is 0 Å². The van der Waals surface area contributed by atoms with Crippen molar-refractivity contribution in [1.29, 1.82) is 0 Å². The molecule has 0 aromatic carbocycles. The Balaban J connectivity index is 1.64. The number of hydrogen-bond acceptors (Lipinski definition) is 18. The van der Waals surface area contributed by atoms with E-state index in [9.17, 15) is 58.2 Å². The van der Waals surface area contributed by atoms with Crippen LogP contribution in [0, 0.1) is 76.4 Å². The molecule has 0 aromatic rings. The van der Waals surface area contributed by atoms with Crippen LogP contribution in [0.1, 0.15) is 203 Å². The molecule has 12 unspecified atom stereocenters. The van der Waals surface area contributed by atoms with Crippen LogP contribution < -0.4 is 21.3 Å². The molecule has 4 aliphatic carbocycles. The molecule has 30 heteroatoms. The van der Waals surface area contributed by atoms with Crippen molar-refractivity contribution in [2.24, 2.45) is 70.0 Å². The van der Waals surface area contributed by atoms with Gasteiger partial charge < -0.3 is 75.3 Å². The molecule has 4 fully saturated rings. The highest BCUT2D eigenvalue weighted by atomic mass is 19.1. The first-order valence-electron chi connectivity index (χ1n) is 41.6. The number of nitrogens with one attached hydrogen (secondary N) is 4. The summed E-state index contributed by atoms with van der Waals surface area (Å²) in [7, 11) is 9.54. The van der Waals surface area contributed by atoms with E-state index in [2.05, 4.69) is 21.3 Å². The number of amides is 11. The Morgan fingerprint density at radius 2 is 1.10 bits per heavy atom. The smallest absolute Gasteiger partial charge is 0.433 e. The van der Waals surface area contributed by atoms with Gasteiger partial charge in [-0.25, -0.2) is 9.18 Å². The zero-order chi connectivity index (χ0) is 88.4. The Morgan fingerprint density at radius 3 is 1.63 bits per heavy atom. The maximum absolute atomic E-state index is 18.1. The Hall–Kier alpha value is -8.15. The first kappa shape index (κ1) is 98.4. The van der Waals surface area contributed by atoms with Gasteiger partial charge in [0.2, 0.25) is 65.0 Å². The predicted octanol–water partition coefficient (Wildman–Crippen LogP) is 6.55. The molecule has 11 amide bonds. The van der Waals surface area contributed by atoms with Crippen molar-refractivity contribution in [2.45, 2.75) is 287 Å². The summed E-state index contributed by atoms with van der Waals surface area (Å²) in [6.45, 7) is 32.6. The van der Waals surface area contributed by atoms with E-state index in [1.807, 2.05) is 55.4 Å². The molecule has 20 atom stereocenters. The molecule has 1 aliphatic heterocycles. The molecule has 29 nitrogen and oxygen atoms in total. The number of rotatable bonds is 20. The van der Waals surface area contributed by atoms with E-state index in [4.69, 9.17) is 9.47 Å². The van der Waals surface area contributed by atoms with Crippen molar-refractivity contribution in [3.63, 3.8) is 0 Å². The zero-order valence-corrected chi connectivity index (χ0v) is 74.1. The third kappa shape index (κ3) is 21.3. The lowest BCUT2D eigenvalue weighted by Crippen LogP contribution is -2.69. The minimum absolute atomic E-state index is 0.0378. The Labute approximate surface area is 687 Å². The fourth-order valence-corrected chi connectivity index (χ4v) is 18.4. The van der Waals surface area contributed by atoms with Crippen LogP contribution in [0.15, 0.2) is 36.0 Å². The van der Waals surface area contributed by atoms with Crippen molar-refractivity contribution < 1.29 is 91.2 Å². The molecule has 653 valence electrons. The summed E-state index contributed by atoms with van der Waals surface area (Å²) in [5, 5.41) is 35.9. The number of carbonyl (C=O) groups excluding carboxylic acids is 14. The second-order valence-electron chi connectivity index (χ2n) is 36.5. The monoisotopic (exact) mass is 1630 g/mol. The maximum Gasteiger partial charge on any atom is 0.508 e. The number of ether oxygens (including phenoxy) is 2. The minimum Gasteiger partial charge on any atom is -0.433 e. The number of allylic oxidation sites excluding steroid dienone is 6. The quantitative estimate of drug-likeness (QED) is 0.0555. The first-order valence-corrected chi connectivity index (χ1v) is 41.6. The van der Waals surface area contributed by atoms with Crippen LogP contribution in [0.4, 0.5) is 9.18 Å². The lowest BCUT2D eigenvalue weighted by atomic mass is 9.44. The van der Waals surface area contributed by atoms with E-state index in [0.717, 1.165) is 21.1 Å². The van der Waals surface area contributed by atoms with Gasteiger partial charge in [0, 0.05) is 66.1 Å². The molecule has 0 spiro atoms. The Morgan fingerprint density at radius 1 is 0.603 bits per heavy atom. The van der Waals surface area contributed by atoms with E-state index in [0.29, 0.717) is 12.0 Å². The molecular weight excluding hydrogens is 1490 g/mol. The highest BCUT2D eigenvalue weighted by Crippen LogP contribution is 2.71. The second-order valence-corrected chi connectivity index (χ2v) is 36.5. The van der Waals surface area contributed by atoms with Crippen LogP contribution >= 0.6 is 0 Å². The van der Waals surface area contributed by atoms with E-state index < -0.39 is 220 Å². The molecule has 6 N–H and O–H groups in total. The molecule has 5 aliphatic rings. The molecule has 1 radical (unpaired) electrons. The highest BCUT2D eigenvalue weighted by Gasteiger charge is 2.75. The van der Waals surface area contributed by atoms with Crippen molar-refractivity contribution in [3.8, 4) is 0 Å². The first-order chi connectivity index (χ1) is 53.7. The van der Waals surface area contributed by atoms with Crippen LogP contribution in [-0.4, -0.2) is 274 Å². The van der Waals surface area contributed by atoms with E-state index in [-0.39, 0.29) is 87.2 Å². The average Bonchev–Trinajstić information content (AvgIpc) is 1.44. The van der Waals surface area contributed by atoms with Crippen LogP contribution in [0.3, 0.4) is 0 Å². The fraction of sp³-hybridized carbons (Fsp3) is 0.756. The summed E-state index contributed by atoms with van der Waals surface area (Å²) in [4.78, 5) is 215. The molecule has 5 rings (SSSR count). The lowest BCUT2D eigenvalue weighted by Gasteiger charge is -2.62. The van der Waals surface area contributed by atoms with Gasteiger partial charge in [0.1, 0.15) is 78.7 Å².